The van der Waals surface area contributed by atoms with Gasteiger partial charge in [-0.15, -0.1) is 0 Å². The molecule has 20 heavy (non-hydrogen) atoms. The number of pyridine rings is 1. The molecule has 0 aliphatic rings. The summed E-state index contributed by atoms with van der Waals surface area (Å²) in [5.74, 6) is 0. The zero-order valence-electron chi connectivity index (χ0n) is 12.2. The van der Waals surface area contributed by atoms with Crippen molar-refractivity contribution < 1.29 is 0 Å². The molecule has 1 atom stereocenters. The monoisotopic (exact) mass is 336 g/mol. The van der Waals surface area contributed by atoms with Gasteiger partial charge in [0.2, 0.25) is 0 Å². The van der Waals surface area contributed by atoms with Crippen molar-refractivity contribution in [2.45, 2.75) is 32.7 Å². The van der Waals surface area contributed by atoms with Gasteiger partial charge in [-0.25, -0.2) is 0 Å². The smallest absolute Gasteiger partial charge is 0.0641 e. The Morgan fingerprint density at radius 3 is 2.75 bits per heavy atom. The number of aromatic nitrogens is 3. The Morgan fingerprint density at radius 2 is 2.20 bits per heavy atom. The van der Waals surface area contributed by atoms with E-state index in [1.54, 1.807) is 0 Å². The molecule has 0 saturated carbocycles. The summed E-state index contributed by atoms with van der Waals surface area (Å²) < 4.78 is 2.89. The summed E-state index contributed by atoms with van der Waals surface area (Å²) in [6.07, 6.45) is 5.94. The normalized spacial score (nSPS) is 12.6. The van der Waals surface area contributed by atoms with Crippen LogP contribution in [0.5, 0.6) is 0 Å². The quantitative estimate of drug-likeness (QED) is 0.880. The summed E-state index contributed by atoms with van der Waals surface area (Å²) >= 11 is 3.42. The van der Waals surface area contributed by atoms with E-state index in [9.17, 15) is 0 Å². The number of hydrogen-bond acceptors (Lipinski definition) is 3. The van der Waals surface area contributed by atoms with E-state index >= 15 is 0 Å². The zero-order chi connectivity index (χ0) is 14.5. The Morgan fingerprint density at radius 1 is 1.40 bits per heavy atom. The molecule has 0 aliphatic carbocycles. The fourth-order valence-electron chi connectivity index (χ4n) is 2.31. The highest BCUT2D eigenvalue weighted by atomic mass is 79.9. The summed E-state index contributed by atoms with van der Waals surface area (Å²) in [6, 6.07) is 4.36. The fraction of sp³-hybridized carbons (Fsp3) is 0.467. The van der Waals surface area contributed by atoms with Crippen molar-refractivity contribution in [3.05, 3.63) is 46.0 Å². The first-order valence-electron chi connectivity index (χ1n) is 6.94. The predicted octanol–water partition coefficient (Wildman–Crippen LogP) is 3.17. The topological polar surface area (TPSA) is 42.7 Å². The van der Waals surface area contributed by atoms with Gasteiger partial charge in [-0.05, 0) is 48.0 Å². The first-order chi connectivity index (χ1) is 9.60. The van der Waals surface area contributed by atoms with Crippen LogP contribution in [0.4, 0.5) is 0 Å². The van der Waals surface area contributed by atoms with Gasteiger partial charge >= 0.3 is 0 Å². The third kappa shape index (κ3) is 3.90. The average molecular weight is 337 g/mol. The van der Waals surface area contributed by atoms with E-state index in [4.69, 9.17) is 0 Å². The molecular weight excluding hydrogens is 316 g/mol. The molecule has 1 N–H and O–H groups in total. The van der Waals surface area contributed by atoms with Crippen molar-refractivity contribution in [1.29, 1.82) is 0 Å². The molecule has 0 amide bonds. The van der Waals surface area contributed by atoms with Crippen LogP contribution in [0.25, 0.3) is 0 Å². The van der Waals surface area contributed by atoms with Crippen molar-refractivity contribution in [3.63, 3.8) is 0 Å². The number of halogens is 1. The maximum absolute atomic E-state index is 4.47. The Balaban J connectivity index is 2.19. The molecule has 2 aromatic heterocycles. The van der Waals surface area contributed by atoms with Crippen LogP contribution < -0.4 is 5.32 Å². The van der Waals surface area contributed by atoms with E-state index in [0.29, 0.717) is 0 Å². The maximum Gasteiger partial charge on any atom is 0.0641 e. The van der Waals surface area contributed by atoms with Gasteiger partial charge in [-0.3, -0.25) is 9.67 Å². The Bertz CT molecular complexity index is 548. The number of hydrogen-bond donors (Lipinski definition) is 1. The minimum absolute atomic E-state index is 0.261. The van der Waals surface area contributed by atoms with Crippen molar-refractivity contribution in [3.8, 4) is 0 Å². The van der Waals surface area contributed by atoms with Gasteiger partial charge in [0.1, 0.15) is 0 Å². The van der Waals surface area contributed by atoms with Crippen molar-refractivity contribution in [1.82, 2.24) is 20.1 Å². The van der Waals surface area contributed by atoms with Crippen molar-refractivity contribution >= 4 is 15.9 Å². The Kier molecular flexibility index (Phi) is 5.31. The summed E-state index contributed by atoms with van der Waals surface area (Å²) in [5, 5.41) is 8.04. The highest BCUT2D eigenvalue weighted by Gasteiger charge is 2.17. The molecule has 2 rings (SSSR count). The van der Waals surface area contributed by atoms with Crippen LogP contribution in [0.1, 0.15) is 36.3 Å². The van der Waals surface area contributed by atoms with Crippen LogP contribution in [-0.4, -0.2) is 21.3 Å². The largest absolute Gasteiger partial charge is 0.309 e. The van der Waals surface area contributed by atoms with Gasteiger partial charge in [-0.1, -0.05) is 6.92 Å². The van der Waals surface area contributed by atoms with E-state index in [2.05, 4.69) is 57.4 Å². The van der Waals surface area contributed by atoms with E-state index in [1.165, 1.54) is 5.56 Å². The lowest BCUT2D eigenvalue weighted by atomic mass is 10.0. The summed E-state index contributed by atoms with van der Waals surface area (Å²) in [7, 11) is 1.96. The van der Waals surface area contributed by atoms with Gasteiger partial charge in [0.05, 0.1) is 5.69 Å². The molecule has 2 aromatic rings. The number of nitrogens with zero attached hydrogens (tertiary/aromatic N) is 3. The second-order valence-corrected chi connectivity index (χ2v) is 5.94. The van der Waals surface area contributed by atoms with Gasteiger partial charge < -0.3 is 5.32 Å². The Labute approximate surface area is 128 Å². The molecule has 0 aliphatic heterocycles. The van der Waals surface area contributed by atoms with Gasteiger partial charge in [0.25, 0.3) is 0 Å². The zero-order valence-corrected chi connectivity index (χ0v) is 13.8. The van der Waals surface area contributed by atoms with E-state index in [1.807, 2.05) is 24.0 Å². The first-order valence-corrected chi connectivity index (χ1v) is 7.73. The number of nitrogens with one attached hydrogen (secondary N) is 1. The van der Waals surface area contributed by atoms with Gasteiger partial charge in [0, 0.05) is 47.6 Å². The van der Waals surface area contributed by atoms with Gasteiger partial charge in [-0.2, -0.15) is 5.10 Å². The van der Waals surface area contributed by atoms with Crippen molar-refractivity contribution in [2.75, 3.05) is 6.54 Å². The minimum atomic E-state index is 0.261. The molecule has 1 unspecified atom stereocenters. The number of aryl methyl sites for hydroxylation is 2. The first kappa shape index (κ1) is 15.2. The van der Waals surface area contributed by atoms with E-state index in [-0.39, 0.29) is 6.04 Å². The maximum atomic E-state index is 4.47. The van der Waals surface area contributed by atoms with E-state index < -0.39 is 0 Å². The molecule has 0 saturated heterocycles. The van der Waals surface area contributed by atoms with Crippen LogP contribution in [0.3, 0.4) is 0 Å². The third-order valence-corrected chi connectivity index (χ3v) is 3.74. The molecule has 0 spiro atoms. The molecule has 0 radical (unpaired) electrons. The molecule has 0 bridgehead atoms. The summed E-state index contributed by atoms with van der Waals surface area (Å²) in [4.78, 5) is 4.47. The minimum Gasteiger partial charge on any atom is -0.309 e. The highest BCUT2D eigenvalue weighted by Crippen LogP contribution is 2.21. The van der Waals surface area contributed by atoms with Crippen LogP contribution in [0.15, 0.2) is 29.0 Å². The lowest BCUT2D eigenvalue weighted by molar-refractivity contribution is 0.522. The van der Waals surface area contributed by atoms with E-state index in [0.717, 1.165) is 35.2 Å². The highest BCUT2D eigenvalue weighted by molar-refractivity contribution is 9.10. The van der Waals surface area contributed by atoms with Crippen molar-refractivity contribution in [2.24, 2.45) is 7.05 Å². The second-order valence-electron chi connectivity index (χ2n) is 5.02. The second kappa shape index (κ2) is 6.99. The predicted molar refractivity (Wildman–Crippen MR) is 84.6 cm³/mol. The number of rotatable bonds is 6. The van der Waals surface area contributed by atoms with Crippen LogP contribution in [-0.2, 0) is 13.5 Å². The third-order valence-electron chi connectivity index (χ3n) is 3.27. The summed E-state index contributed by atoms with van der Waals surface area (Å²) in [6.45, 7) is 5.23. The summed E-state index contributed by atoms with van der Waals surface area (Å²) in [5.41, 5.74) is 3.42. The fourth-order valence-corrected chi connectivity index (χ4v) is 2.54. The standard InChI is InChI=1S/C15H21BrN4/c1-4-7-17-15(14-10-20(3)19-11(14)2)8-13-6-5-12(16)9-18-13/h5-6,9-10,15,17H,4,7-8H2,1-3H3. The Hall–Kier alpha value is -1.20. The lowest BCUT2D eigenvalue weighted by Gasteiger charge is -2.17. The van der Waals surface area contributed by atoms with Crippen LogP contribution in [0.2, 0.25) is 0 Å². The molecule has 0 aromatic carbocycles. The molecular formula is C15H21BrN4. The SMILES string of the molecule is CCCNC(Cc1ccc(Br)cn1)c1cn(C)nc1C. The molecule has 0 fully saturated rings. The molecule has 108 valence electrons. The van der Waals surface area contributed by atoms with Crippen LogP contribution in [0, 0.1) is 6.92 Å². The van der Waals surface area contributed by atoms with Gasteiger partial charge in [0.15, 0.2) is 0 Å². The molecule has 5 heteroatoms. The molecule has 4 nitrogen and oxygen atoms in total. The lowest BCUT2D eigenvalue weighted by Crippen LogP contribution is -2.24. The molecule has 2 heterocycles. The average Bonchev–Trinajstić information content (AvgIpc) is 2.76. The van der Waals surface area contributed by atoms with Crippen LogP contribution >= 0.6 is 15.9 Å².